The van der Waals surface area contributed by atoms with E-state index in [-0.39, 0.29) is 57.5 Å². The molecule has 17 nitrogen and oxygen atoms in total. The summed E-state index contributed by atoms with van der Waals surface area (Å²) in [5.41, 5.74) is 9.02. The van der Waals surface area contributed by atoms with Crippen LogP contribution in [0, 0.1) is 5.82 Å². The molecule has 0 saturated carbocycles. The summed E-state index contributed by atoms with van der Waals surface area (Å²) in [7, 11) is 0. The molecule has 1 fully saturated rings. The highest BCUT2D eigenvalue weighted by Crippen LogP contribution is 2.22. The average Bonchev–Trinajstić information content (AvgIpc) is 3.77. The highest BCUT2D eigenvalue weighted by Gasteiger charge is 2.35. The van der Waals surface area contributed by atoms with Gasteiger partial charge in [0.1, 0.15) is 42.1 Å². The number of rotatable bonds is 13. The molecule has 0 spiro atoms. The summed E-state index contributed by atoms with van der Waals surface area (Å²) in [4.78, 5) is 103. The Balaban J connectivity index is 1.36. The van der Waals surface area contributed by atoms with E-state index in [0.717, 1.165) is 11.1 Å². The van der Waals surface area contributed by atoms with E-state index in [4.69, 9.17) is 5.73 Å². The number of amides is 7. The number of fused-ring (bicyclic) bond motifs is 1. The number of nitrogens with one attached hydrogen (secondary N) is 8. The third kappa shape index (κ3) is 17.1. The number of aromatic nitrogens is 1. The highest BCUT2D eigenvalue weighted by molar-refractivity contribution is 5.98. The number of hydrogen-bond acceptors (Lipinski definition) is 9. The Hall–Kier alpha value is -7.44. The molecule has 1 aromatic heterocycles. The number of hydrogen-bond donors (Lipinski definition) is 10. The number of nitrogens with two attached hydrogens (primary N) is 1. The Kier molecular flexibility index (Phi) is 21.0. The predicted molar refractivity (Wildman–Crippen MR) is 275 cm³/mol. The lowest BCUT2D eigenvalue weighted by molar-refractivity contribution is -0.136. The van der Waals surface area contributed by atoms with Gasteiger partial charge in [-0.25, -0.2) is 4.39 Å². The van der Waals surface area contributed by atoms with E-state index in [1.54, 1.807) is 60.8 Å². The van der Waals surface area contributed by atoms with E-state index in [2.05, 4.69) is 42.2 Å². The van der Waals surface area contributed by atoms with E-state index < -0.39 is 83.6 Å². The second-order valence-electron chi connectivity index (χ2n) is 18.6. The molecule has 1 aliphatic heterocycles. The van der Waals surface area contributed by atoms with Crippen molar-refractivity contribution in [2.24, 2.45) is 5.73 Å². The second-order valence-corrected chi connectivity index (χ2v) is 18.6. The van der Waals surface area contributed by atoms with Crippen LogP contribution in [0.4, 0.5) is 4.39 Å². The first-order valence-electron chi connectivity index (χ1n) is 25.1. The fourth-order valence-corrected chi connectivity index (χ4v) is 8.79. The van der Waals surface area contributed by atoms with E-state index >= 15 is 0 Å². The Morgan fingerprint density at radius 1 is 0.562 bits per heavy atom. The zero-order chi connectivity index (χ0) is 52.1. The molecule has 4 aromatic carbocycles. The van der Waals surface area contributed by atoms with E-state index in [1.165, 1.54) is 25.1 Å². The van der Waals surface area contributed by atoms with Crippen molar-refractivity contribution in [2.45, 2.75) is 126 Å². The van der Waals surface area contributed by atoms with Gasteiger partial charge in [-0.2, -0.15) is 0 Å². The minimum atomic E-state index is -1.58. The predicted octanol–water partition coefficient (Wildman–Crippen LogP) is 3.08. The summed E-state index contributed by atoms with van der Waals surface area (Å²) >= 11 is 0. The van der Waals surface area contributed by atoms with Crippen LogP contribution >= 0.6 is 0 Å². The maximum atomic E-state index is 14.8. The van der Waals surface area contributed by atoms with Crippen molar-refractivity contribution >= 4 is 52.3 Å². The van der Waals surface area contributed by atoms with Crippen molar-refractivity contribution in [3.8, 4) is 0 Å². The number of carbonyl (C=O) groups excluding carboxylic acids is 7. The summed E-state index contributed by atoms with van der Waals surface area (Å²) in [5.74, 6) is -5.31. The molecule has 0 radical (unpaired) electrons. The fraction of sp³-hybridized carbons (Fsp3) is 0.400. The number of H-pyrrole nitrogens is 1. The minimum Gasteiger partial charge on any atom is -0.391 e. The van der Waals surface area contributed by atoms with Crippen LogP contribution in [-0.2, 0) is 59.2 Å². The van der Waals surface area contributed by atoms with Crippen molar-refractivity contribution in [2.75, 3.05) is 13.1 Å². The molecule has 73 heavy (non-hydrogen) atoms. The minimum absolute atomic E-state index is 0.0172. The number of carbonyl (C=O) groups is 7. The number of halogens is 1. The second kappa shape index (κ2) is 28.0. The quantitative estimate of drug-likeness (QED) is 0.0777. The van der Waals surface area contributed by atoms with Crippen molar-refractivity contribution in [1.29, 1.82) is 0 Å². The Bertz CT molecular complexity index is 2620. The van der Waals surface area contributed by atoms with E-state index in [9.17, 15) is 43.1 Å². The third-order valence-electron chi connectivity index (χ3n) is 12.8. The molecule has 0 bridgehead atoms. The Morgan fingerprint density at radius 3 is 1.62 bits per heavy atom. The van der Waals surface area contributed by atoms with Gasteiger partial charge in [0.25, 0.3) is 0 Å². The lowest BCUT2D eigenvalue weighted by Crippen LogP contribution is -2.61. The lowest BCUT2D eigenvalue weighted by Gasteiger charge is -2.28. The van der Waals surface area contributed by atoms with E-state index in [1.807, 2.05) is 36.4 Å². The maximum absolute atomic E-state index is 14.8. The first-order chi connectivity index (χ1) is 35.3. The van der Waals surface area contributed by atoms with Crippen molar-refractivity contribution < 1.29 is 43.1 Å². The standard InChI is InChI=1S/C55H68FN9O8/c1-35(66)49-55(73)64-44(29-36-17-7-4-8-18-36)50(68)58-28-16-3-2-13-24-48(67)60-45(30-37-19-9-5-10-20-37)52(70)62-46(31-38-21-11-6-12-22-38)53(71)63-47(32-39-34-59-42-26-25-40(56)33-41(39)42)54(72)61-43(51(69)65-49)23-14-15-27-57/h4-12,17-22,25-26,33-35,43-47,49,59,66H,2-3,13-16,23-24,27-32,57H2,1H3,(H,58,68)(H,60,67)(H,61,72)(H,62,70)(H,63,71)(H,64,73)(H,65,69)/t35-,43+,44+,45+,46+,47+,49+/m1/s1. The number of aliphatic hydroxyl groups is 1. The molecular weight excluding hydrogens is 934 g/mol. The molecule has 388 valence electrons. The zero-order valence-corrected chi connectivity index (χ0v) is 41.2. The number of aliphatic hydroxyl groups excluding tert-OH is 1. The van der Waals surface area contributed by atoms with Gasteiger partial charge in [-0.3, -0.25) is 33.6 Å². The van der Waals surface area contributed by atoms with Crippen molar-refractivity contribution in [1.82, 2.24) is 42.2 Å². The van der Waals surface area contributed by atoms with Gasteiger partial charge in [-0.05, 0) is 86.0 Å². The zero-order valence-electron chi connectivity index (χ0n) is 41.2. The fourth-order valence-electron chi connectivity index (χ4n) is 8.79. The number of benzene rings is 4. The van der Waals surface area contributed by atoms with Crippen LogP contribution < -0.4 is 43.0 Å². The Labute approximate surface area is 424 Å². The maximum Gasteiger partial charge on any atom is 0.245 e. The topological polar surface area (TPSA) is 266 Å². The van der Waals surface area contributed by atoms with Gasteiger partial charge in [0.2, 0.25) is 41.4 Å². The molecule has 0 unspecified atom stereocenters. The highest BCUT2D eigenvalue weighted by atomic mass is 19.1. The number of unbranched alkanes of at least 4 members (excludes halogenated alkanes) is 1. The van der Waals surface area contributed by atoms with Crippen LogP contribution in [-0.4, -0.2) is 107 Å². The smallest absolute Gasteiger partial charge is 0.245 e. The molecule has 11 N–H and O–H groups in total. The molecule has 18 heteroatoms. The molecule has 6 rings (SSSR count). The van der Waals surface area contributed by atoms with Crippen LogP contribution in [0.2, 0.25) is 0 Å². The van der Waals surface area contributed by atoms with Crippen molar-refractivity contribution in [3.05, 3.63) is 143 Å². The van der Waals surface area contributed by atoms with Crippen LogP contribution in [0.5, 0.6) is 0 Å². The Morgan fingerprint density at radius 2 is 1.05 bits per heavy atom. The molecule has 1 saturated heterocycles. The van der Waals surface area contributed by atoms with Gasteiger partial charge in [0, 0.05) is 55.7 Å². The molecule has 7 atom stereocenters. The van der Waals surface area contributed by atoms with Gasteiger partial charge in [-0.15, -0.1) is 0 Å². The van der Waals surface area contributed by atoms with Gasteiger partial charge in [0.05, 0.1) is 6.10 Å². The molecule has 1 aliphatic rings. The summed E-state index contributed by atoms with van der Waals surface area (Å²) in [5, 5.41) is 31.0. The van der Waals surface area contributed by atoms with Gasteiger partial charge >= 0.3 is 0 Å². The van der Waals surface area contributed by atoms with Crippen LogP contribution in [0.3, 0.4) is 0 Å². The first-order valence-corrected chi connectivity index (χ1v) is 25.1. The summed E-state index contributed by atoms with van der Waals surface area (Å²) in [6.07, 6.45) is 3.39. The summed E-state index contributed by atoms with van der Waals surface area (Å²) in [6.45, 7) is 1.85. The molecule has 7 amide bonds. The monoisotopic (exact) mass is 1000 g/mol. The molecule has 0 aliphatic carbocycles. The summed E-state index contributed by atoms with van der Waals surface area (Å²) < 4.78 is 14.7. The van der Waals surface area contributed by atoms with Crippen molar-refractivity contribution in [3.63, 3.8) is 0 Å². The van der Waals surface area contributed by atoms with Crippen LogP contribution in [0.25, 0.3) is 10.9 Å². The number of aromatic amines is 1. The molecule has 5 aromatic rings. The van der Waals surface area contributed by atoms with Crippen LogP contribution in [0.15, 0.2) is 115 Å². The average molecular weight is 1000 g/mol. The third-order valence-corrected chi connectivity index (χ3v) is 12.8. The largest absolute Gasteiger partial charge is 0.391 e. The van der Waals surface area contributed by atoms with Gasteiger partial charge < -0.3 is 53.0 Å². The summed E-state index contributed by atoms with van der Waals surface area (Å²) in [6, 6.07) is 23.3. The normalized spacial score (nSPS) is 22.2. The van der Waals surface area contributed by atoms with Gasteiger partial charge in [0.15, 0.2) is 0 Å². The van der Waals surface area contributed by atoms with Gasteiger partial charge in [-0.1, -0.05) is 104 Å². The van der Waals surface area contributed by atoms with Crippen LogP contribution in [0.1, 0.15) is 80.5 Å². The first kappa shape index (κ1) is 54.9. The van der Waals surface area contributed by atoms with E-state index in [0.29, 0.717) is 60.6 Å². The molecule has 2 heterocycles. The SMILES string of the molecule is C[C@@H](O)[C@@H]1NC(=O)[C@H](CCCCN)NC(=O)[C@H](Cc2c[nH]c3ccc(F)cc23)NC(=O)[C@H](Cc2ccccc2)NC(=O)[C@H](Cc2ccccc2)NC(=O)CCCCCCNC(=O)[C@H](Cc2ccccc2)NC1=O. The molecular formula is C55H68FN9O8. The lowest BCUT2D eigenvalue weighted by atomic mass is 10.00.